The third-order valence-electron chi connectivity index (χ3n) is 7.53. The molecule has 1 atom stereocenters. The molecule has 236 valence electrons. The van der Waals surface area contributed by atoms with Crippen LogP contribution in [0.5, 0.6) is 5.75 Å². The van der Waals surface area contributed by atoms with Crippen molar-refractivity contribution < 1.29 is 27.4 Å². The van der Waals surface area contributed by atoms with Crippen LogP contribution in [0.1, 0.15) is 44.7 Å². The van der Waals surface area contributed by atoms with E-state index in [0.717, 1.165) is 30.7 Å². The number of alkyl halides is 3. The first-order chi connectivity index (χ1) is 20.9. The average Bonchev–Trinajstić information content (AvgIpc) is 3.01. The number of carbonyl (C=O) groups excluding carboxylic acids is 1. The Labute approximate surface area is 255 Å². The second-order valence-electron chi connectivity index (χ2n) is 10.6. The van der Waals surface area contributed by atoms with E-state index in [4.69, 9.17) is 9.47 Å². The molecule has 0 saturated heterocycles. The molecule has 0 radical (unpaired) electrons. The maximum Gasteiger partial charge on any atom is 0.416 e. The van der Waals surface area contributed by atoms with E-state index in [2.05, 4.69) is 34.3 Å². The molecule has 2 aromatic carbocycles. The number of methoxy groups -OCH3 is 2. The van der Waals surface area contributed by atoms with Crippen LogP contribution in [-0.2, 0) is 29.2 Å². The second kappa shape index (κ2) is 15.0. The summed E-state index contributed by atoms with van der Waals surface area (Å²) in [7, 11) is 4.76. The number of hydrogen-bond donors (Lipinski definition) is 1. The number of halogens is 3. The van der Waals surface area contributed by atoms with Crippen molar-refractivity contribution in [2.45, 2.75) is 46.2 Å². The molecule has 0 aliphatic heterocycles. The molecular weight excluding hydrogens is 573 g/mol. The molecule has 0 aliphatic carbocycles. The van der Waals surface area contributed by atoms with Gasteiger partial charge in [-0.15, -0.1) is 0 Å². The summed E-state index contributed by atoms with van der Waals surface area (Å²) in [5.41, 5.74) is 0.583. The molecule has 44 heavy (non-hydrogen) atoms. The van der Waals surface area contributed by atoms with Crippen LogP contribution in [0, 0.1) is 5.41 Å². The number of rotatable bonds is 11. The molecule has 4 rings (SSSR count). The molecule has 0 aliphatic rings. The standard InChI is InChI=1S/C24H27F3N4O3.C9H12O/c1-5-10-23(13-34-4,15(2)32)12-29-21-19-20(30-14-31(3)22(19)33)18(11-28-21)16-6-8-17(9-7-16)24(25,26)27;1-3-8-4-6-9(10-2)7-5-8/h6-9,11,14H,5,10,12-13H2,1-4H3,(H,28,29);4-7H,3H2,1-2H3. The van der Waals surface area contributed by atoms with Crippen LogP contribution >= 0.6 is 0 Å². The number of hydrogen-bond acceptors (Lipinski definition) is 7. The number of fused-ring (bicyclic) bond motifs is 1. The van der Waals surface area contributed by atoms with E-state index < -0.39 is 17.2 Å². The number of Topliss-reactive ketones (excluding diaryl/α,β-unsaturated/α-hetero) is 1. The van der Waals surface area contributed by atoms with Crippen LogP contribution in [0.2, 0.25) is 0 Å². The summed E-state index contributed by atoms with van der Waals surface area (Å²) in [5, 5.41) is 3.33. The monoisotopic (exact) mass is 612 g/mol. The van der Waals surface area contributed by atoms with Crippen molar-refractivity contribution in [1.29, 1.82) is 0 Å². The maximum absolute atomic E-state index is 13.0. The maximum atomic E-state index is 13.0. The summed E-state index contributed by atoms with van der Waals surface area (Å²) < 4.78 is 50.5. The summed E-state index contributed by atoms with van der Waals surface area (Å²) >= 11 is 0. The summed E-state index contributed by atoms with van der Waals surface area (Å²) in [6.07, 6.45) is 0.792. The molecule has 0 saturated carbocycles. The molecule has 0 bridgehead atoms. The summed E-state index contributed by atoms with van der Waals surface area (Å²) in [6, 6.07) is 12.7. The van der Waals surface area contributed by atoms with Crippen molar-refractivity contribution >= 4 is 22.5 Å². The zero-order chi connectivity index (χ0) is 32.5. The Bertz CT molecular complexity index is 1570. The molecule has 0 fully saturated rings. The number of benzene rings is 2. The number of nitrogens with zero attached hydrogens (tertiary/aromatic N) is 3. The van der Waals surface area contributed by atoms with Gasteiger partial charge in [0.05, 0.1) is 36.5 Å². The lowest BCUT2D eigenvalue weighted by molar-refractivity contribution is -0.137. The molecule has 0 spiro atoms. The number of anilines is 1. The first-order valence-electron chi connectivity index (χ1n) is 14.3. The van der Waals surface area contributed by atoms with Gasteiger partial charge in [-0.3, -0.25) is 9.59 Å². The lowest BCUT2D eigenvalue weighted by atomic mass is 9.80. The van der Waals surface area contributed by atoms with Crippen LogP contribution in [0.15, 0.2) is 65.8 Å². The van der Waals surface area contributed by atoms with Crippen molar-refractivity contribution in [3.05, 3.63) is 82.5 Å². The number of ether oxygens (including phenoxy) is 2. The number of aromatic nitrogens is 3. The van der Waals surface area contributed by atoms with Crippen molar-refractivity contribution in [2.24, 2.45) is 12.5 Å². The van der Waals surface area contributed by atoms with Crippen molar-refractivity contribution in [3.63, 3.8) is 0 Å². The fraction of sp³-hybridized carbons (Fsp3) is 0.394. The highest BCUT2D eigenvalue weighted by Crippen LogP contribution is 2.34. The fourth-order valence-corrected chi connectivity index (χ4v) is 4.88. The molecule has 8 nitrogen and oxygen atoms in total. The van der Waals surface area contributed by atoms with E-state index in [0.29, 0.717) is 23.1 Å². The van der Waals surface area contributed by atoms with Crippen LogP contribution in [-0.4, -0.2) is 47.7 Å². The van der Waals surface area contributed by atoms with E-state index in [1.54, 1.807) is 14.2 Å². The van der Waals surface area contributed by atoms with E-state index in [-0.39, 0.29) is 35.7 Å². The zero-order valence-corrected chi connectivity index (χ0v) is 25.9. The van der Waals surface area contributed by atoms with Gasteiger partial charge in [0, 0.05) is 32.5 Å². The Kier molecular flexibility index (Phi) is 11.6. The largest absolute Gasteiger partial charge is 0.497 e. The summed E-state index contributed by atoms with van der Waals surface area (Å²) in [4.78, 5) is 34.3. The Balaban J connectivity index is 0.000000448. The van der Waals surface area contributed by atoms with Crippen LogP contribution in [0.3, 0.4) is 0 Å². The van der Waals surface area contributed by atoms with Crippen LogP contribution in [0.25, 0.3) is 22.0 Å². The minimum Gasteiger partial charge on any atom is -0.497 e. The third kappa shape index (κ3) is 8.02. The number of aryl methyl sites for hydroxylation is 2. The number of ketones is 1. The normalized spacial score (nSPS) is 12.7. The molecule has 1 unspecified atom stereocenters. The Hall–Kier alpha value is -4.25. The fourth-order valence-electron chi connectivity index (χ4n) is 4.88. The lowest BCUT2D eigenvalue weighted by Crippen LogP contribution is -2.41. The molecule has 4 aromatic rings. The quantitative estimate of drug-likeness (QED) is 0.201. The highest BCUT2D eigenvalue weighted by Gasteiger charge is 2.35. The Morgan fingerprint density at radius 3 is 2.18 bits per heavy atom. The molecule has 11 heteroatoms. The average molecular weight is 613 g/mol. The van der Waals surface area contributed by atoms with Crippen molar-refractivity contribution in [1.82, 2.24) is 14.5 Å². The van der Waals surface area contributed by atoms with Gasteiger partial charge in [0.1, 0.15) is 22.7 Å². The van der Waals surface area contributed by atoms with Gasteiger partial charge in [0.15, 0.2) is 0 Å². The van der Waals surface area contributed by atoms with Crippen LogP contribution < -0.4 is 15.6 Å². The Morgan fingerprint density at radius 2 is 1.66 bits per heavy atom. The third-order valence-corrected chi connectivity index (χ3v) is 7.53. The van der Waals surface area contributed by atoms with Gasteiger partial charge in [-0.1, -0.05) is 44.5 Å². The first-order valence-corrected chi connectivity index (χ1v) is 14.3. The van der Waals surface area contributed by atoms with Gasteiger partial charge >= 0.3 is 6.18 Å². The van der Waals surface area contributed by atoms with Gasteiger partial charge < -0.3 is 19.4 Å². The van der Waals surface area contributed by atoms with Gasteiger partial charge in [-0.05, 0) is 55.2 Å². The van der Waals surface area contributed by atoms with E-state index in [1.807, 2.05) is 19.1 Å². The minimum absolute atomic E-state index is 0.0413. The van der Waals surface area contributed by atoms with Crippen molar-refractivity contribution in [3.8, 4) is 16.9 Å². The molecule has 2 aromatic heterocycles. The highest BCUT2D eigenvalue weighted by atomic mass is 19.4. The predicted molar refractivity (Wildman–Crippen MR) is 166 cm³/mol. The van der Waals surface area contributed by atoms with E-state index in [1.165, 1.54) is 48.8 Å². The first kappa shape index (κ1) is 34.2. The SMILES string of the molecule is CCCC(CNc1ncc(-c2ccc(C(F)(F)F)cc2)c2ncn(C)c(=O)c12)(COC)C(C)=O.CCc1ccc(OC)cc1. The number of nitrogens with one attached hydrogen (secondary N) is 1. The van der Waals surface area contributed by atoms with E-state index >= 15 is 0 Å². The lowest BCUT2D eigenvalue weighted by Gasteiger charge is -2.30. The van der Waals surface area contributed by atoms with E-state index in [9.17, 15) is 22.8 Å². The smallest absolute Gasteiger partial charge is 0.416 e. The molecular formula is C33H39F3N4O4. The number of carbonyl (C=O) groups is 1. The summed E-state index contributed by atoms with van der Waals surface area (Å²) in [6.45, 7) is 6.03. The molecule has 2 heterocycles. The summed E-state index contributed by atoms with van der Waals surface area (Å²) in [5.74, 6) is 1.13. The van der Waals surface area contributed by atoms with Crippen molar-refractivity contribution in [2.75, 3.05) is 32.7 Å². The highest BCUT2D eigenvalue weighted by molar-refractivity contribution is 5.98. The van der Waals surface area contributed by atoms with Gasteiger partial charge in [0.2, 0.25) is 0 Å². The van der Waals surface area contributed by atoms with Gasteiger partial charge in [0.25, 0.3) is 5.56 Å². The molecule has 1 N–H and O–H groups in total. The Morgan fingerprint density at radius 1 is 1.00 bits per heavy atom. The van der Waals surface area contributed by atoms with Crippen LogP contribution in [0.4, 0.5) is 19.0 Å². The van der Waals surface area contributed by atoms with Gasteiger partial charge in [-0.2, -0.15) is 13.2 Å². The molecule has 0 amide bonds. The predicted octanol–water partition coefficient (Wildman–Crippen LogP) is 6.71. The zero-order valence-electron chi connectivity index (χ0n) is 25.9. The minimum atomic E-state index is -4.45. The number of pyridine rings is 1. The van der Waals surface area contributed by atoms with Gasteiger partial charge in [-0.25, -0.2) is 9.97 Å². The second-order valence-corrected chi connectivity index (χ2v) is 10.6. The topological polar surface area (TPSA) is 95.3 Å².